The van der Waals surface area contributed by atoms with Crippen LogP contribution in [0.25, 0.3) is 0 Å². The maximum Gasteiger partial charge on any atom is 0.104 e. The Morgan fingerprint density at radius 3 is 2.75 bits per heavy atom. The summed E-state index contributed by atoms with van der Waals surface area (Å²) in [6, 6.07) is 2.17. The highest BCUT2D eigenvalue weighted by molar-refractivity contribution is 5.03. The molecule has 1 atom stereocenters. The van der Waals surface area contributed by atoms with Gasteiger partial charge in [0.15, 0.2) is 0 Å². The van der Waals surface area contributed by atoms with Gasteiger partial charge in [0, 0.05) is 19.8 Å². The number of nitrogens with two attached hydrogens (primary N) is 1. The van der Waals surface area contributed by atoms with Crippen molar-refractivity contribution in [3.8, 4) is 6.07 Å². The Labute approximate surface area is 97.7 Å². The predicted octanol–water partition coefficient (Wildman–Crippen LogP) is 1.59. The van der Waals surface area contributed by atoms with Crippen LogP contribution >= 0.6 is 0 Å². The molecule has 4 nitrogen and oxygen atoms in total. The van der Waals surface area contributed by atoms with Gasteiger partial charge in [0.1, 0.15) is 5.54 Å². The summed E-state index contributed by atoms with van der Waals surface area (Å²) in [6.45, 7) is 4.26. The molecule has 0 radical (unpaired) electrons. The molecule has 92 valence electrons. The van der Waals surface area contributed by atoms with Gasteiger partial charge in [-0.2, -0.15) is 5.26 Å². The zero-order valence-corrected chi connectivity index (χ0v) is 10.1. The second-order valence-electron chi connectivity index (χ2n) is 4.41. The largest absolute Gasteiger partial charge is 0.381 e. The number of nitriles is 1. The molecule has 1 fully saturated rings. The first-order chi connectivity index (χ1) is 7.70. The number of hydrogen-bond donors (Lipinski definition) is 1. The van der Waals surface area contributed by atoms with Crippen LogP contribution in [0.3, 0.4) is 0 Å². The summed E-state index contributed by atoms with van der Waals surface area (Å²) in [4.78, 5) is 0. The Morgan fingerprint density at radius 2 is 2.19 bits per heavy atom. The molecule has 4 heteroatoms. The monoisotopic (exact) mass is 226 g/mol. The van der Waals surface area contributed by atoms with E-state index in [1.54, 1.807) is 0 Å². The average Bonchev–Trinajstić information content (AvgIpc) is 2.36. The van der Waals surface area contributed by atoms with Crippen LogP contribution in [0.1, 0.15) is 39.0 Å². The van der Waals surface area contributed by atoms with Crippen molar-refractivity contribution in [3.05, 3.63) is 0 Å². The van der Waals surface area contributed by atoms with Gasteiger partial charge in [-0.1, -0.05) is 6.92 Å². The van der Waals surface area contributed by atoms with Crippen LogP contribution in [0, 0.1) is 11.3 Å². The van der Waals surface area contributed by atoms with Gasteiger partial charge in [-0.25, -0.2) is 0 Å². The van der Waals surface area contributed by atoms with E-state index in [1.807, 2.05) is 6.92 Å². The van der Waals surface area contributed by atoms with Crippen molar-refractivity contribution in [3.63, 3.8) is 0 Å². The van der Waals surface area contributed by atoms with Crippen molar-refractivity contribution in [1.29, 1.82) is 5.26 Å². The third-order valence-electron chi connectivity index (χ3n) is 3.14. The summed E-state index contributed by atoms with van der Waals surface area (Å²) in [7, 11) is 0. The van der Waals surface area contributed by atoms with Crippen LogP contribution in [0.4, 0.5) is 0 Å². The highest BCUT2D eigenvalue weighted by Crippen LogP contribution is 2.15. The first-order valence-corrected chi connectivity index (χ1v) is 6.09. The molecule has 1 aliphatic heterocycles. The quantitative estimate of drug-likeness (QED) is 0.698. The van der Waals surface area contributed by atoms with Crippen molar-refractivity contribution in [1.82, 2.24) is 0 Å². The zero-order chi connectivity index (χ0) is 11.9. The van der Waals surface area contributed by atoms with E-state index in [0.717, 1.165) is 32.5 Å². The second-order valence-corrected chi connectivity index (χ2v) is 4.41. The van der Waals surface area contributed by atoms with E-state index in [9.17, 15) is 0 Å². The molecule has 0 aromatic carbocycles. The Morgan fingerprint density at radius 1 is 1.50 bits per heavy atom. The number of ether oxygens (including phenoxy) is 2. The van der Waals surface area contributed by atoms with E-state index in [4.69, 9.17) is 20.5 Å². The van der Waals surface area contributed by atoms with Gasteiger partial charge in [-0.3, -0.25) is 0 Å². The van der Waals surface area contributed by atoms with Crippen LogP contribution in [0.2, 0.25) is 0 Å². The highest BCUT2D eigenvalue weighted by Gasteiger charge is 2.21. The van der Waals surface area contributed by atoms with Gasteiger partial charge in [-0.05, 0) is 32.1 Å². The maximum absolute atomic E-state index is 8.90. The van der Waals surface area contributed by atoms with E-state index in [1.165, 1.54) is 0 Å². The lowest BCUT2D eigenvalue weighted by Crippen LogP contribution is -2.37. The van der Waals surface area contributed by atoms with Crippen LogP contribution in [-0.4, -0.2) is 31.5 Å². The van der Waals surface area contributed by atoms with E-state index in [-0.39, 0.29) is 0 Å². The lowest BCUT2D eigenvalue weighted by Gasteiger charge is -2.23. The molecule has 0 bridgehead atoms. The summed E-state index contributed by atoms with van der Waals surface area (Å²) in [5.41, 5.74) is 5.21. The van der Waals surface area contributed by atoms with Crippen molar-refractivity contribution in [2.24, 2.45) is 5.73 Å². The minimum absolute atomic E-state index is 0.338. The SMILES string of the molecule is CCC(N)(C#N)CCCOC1CCOCC1. The van der Waals surface area contributed by atoms with Crippen LogP contribution in [0.15, 0.2) is 0 Å². The molecule has 1 rings (SSSR count). The van der Waals surface area contributed by atoms with E-state index < -0.39 is 5.54 Å². The first-order valence-electron chi connectivity index (χ1n) is 6.09. The predicted molar refractivity (Wildman–Crippen MR) is 61.8 cm³/mol. The molecule has 1 saturated heterocycles. The van der Waals surface area contributed by atoms with E-state index in [2.05, 4.69) is 6.07 Å². The van der Waals surface area contributed by atoms with Crippen LogP contribution in [0.5, 0.6) is 0 Å². The van der Waals surface area contributed by atoms with Gasteiger partial charge >= 0.3 is 0 Å². The van der Waals surface area contributed by atoms with Gasteiger partial charge in [0.05, 0.1) is 12.2 Å². The Bertz CT molecular complexity index is 234. The summed E-state index contributed by atoms with van der Waals surface area (Å²) in [6.07, 6.45) is 4.57. The molecule has 1 heterocycles. The Balaban J connectivity index is 2.09. The lowest BCUT2D eigenvalue weighted by molar-refractivity contribution is -0.0332. The molecular weight excluding hydrogens is 204 g/mol. The molecular formula is C12H22N2O2. The molecule has 0 aromatic heterocycles. The van der Waals surface area contributed by atoms with Crippen molar-refractivity contribution in [2.45, 2.75) is 50.7 Å². The lowest BCUT2D eigenvalue weighted by atomic mass is 9.94. The Kier molecular flexibility index (Phi) is 5.75. The molecule has 0 aliphatic carbocycles. The van der Waals surface area contributed by atoms with E-state index >= 15 is 0 Å². The van der Waals surface area contributed by atoms with Crippen molar-refractivity contribution in [2.75, 3.05) is 19.8 Å². The number of rotatable bonds is 6. The molecule has 1 unspecified atom stereocenters. The first kappa shape index (κ1) is 13.4. The average molecular weight is 226 g/mol. The van der Waals surface area contributed by atoms with Gasteiger partial charge in [-0.15, -0.1) is 0 Å². The molecule has 16 heavy (non-hydrogen) atoms. The molecule has 0 spiro atoms. The zero-order valence-electron chi connectivity index (χ0n) is 10.1. The summed E-state index contributed by atoms with van der Waals surface area (Å²) < 4.78 is 11.0. The van der Waals surface area contributed by atoms with Crippen LogP contribution < -0.4 is 5.73 Å². The maximum atomic E-state index is 8.90. The highest BCUT2D eigenvalue weighted by atomic mass is 16.5. The summed E-state index contributed by atoms with van der Waals surface area (Å²) >= 11 is 0. The van der Waals surface area contributed by atoms with Gasteiger partial charge in [0.25, 0.3) is 0 Å². The standard InChI is InChI=1S/C12H22N2O2/c1-2-12(14,10-13)6-3-7-16-11-4-8-15-9-5-11/h11H,2-9,14H2,1H3. The van der Waals surface area contributed by atoms with Crippen LogP contribution in [-0.2, 0) is 9.47 Å². The third-order valence-corrected chi connectivity index (χ3v) is 3.14. The topological polar surface area (TPSA) is 68.3 Å². The minimum atomic E-state index is -0.668. The van der Waals surface area contributed by atoms with Gasteiger partial charge < -0.3 is 15.2 Å². The summed E-state index contributed by atoms with van der Waals surface area (Å²) in [5, 5.41) is 8.90. The summed E-state index contributed by atoms with van der Waals surface area (Å²) in [5.74, 6) is 0. The molecule has 2 N–H and O–H groups in total. The fraction of sp³-hybridized carbons (Fsp3) is 0.917. The molecule has 1 aliphatic rings. The van der Waals surface area contributed by atoms with Crippen molar-refractivity contribution >= 4 is 0 Å². The fourth-order valence-electron chi connectivity index (χ4n) is 1.79. The molecule has 0 aromatic rings. The van der Waals surface area contributed by atoms with E-state index in [0.29, 0.717) is 25.6 Å². The van der Waals surface area contributed by atoms with Crippen molar-refractivity contribution < 1.29 is 9.47 Å². The Hall–Kier alpha value is -0.630. The number of nitrogens with zero attached hydrogens (tertiary/aromatic N) is 1. The number of hydrogen-bond acceptors (Lipinski definition) is 4. The second kappa shape index (κ2) is 6.85. The fourth-order valence-corrected chi connectivity index (χ4v) is 1.79. The molecule has 0 saturated carbocycles. The third kappa shape index (κ3) is 4.48. The minimum Gasteiger partial charge on any atom is -0.381 e. The molecule has 0 amide bonds. The van der Waals surface area contributed by atoms with Gasteiger partial charge in [0.2, 0.25) is 0 Å². The smallest absolute Gasteiger partial charge is 0.104 e. The normalized spacial score (nSPS) is 21.3.